The molecule has 33 heavy (non-hydrogen) atoms. The molecule has 0 bridgehead atoms. The fourth-order valence-electron chi connectivity index (χ4n) is 4.32. The number of aryl methyl sites for hydroxylation is 1. The molecular weight excluding hydrogens is 438 g/mol. The first-order chi connectivity index (χ1) is 15.8. The van der Waals surface area contributed by atoms with Crippen molar-refractivity contribution >= 4 is 26.6 Å². The molecule has 7 nitrogen and oxygen atoms in total. The zero-order chi connectivity index (χ0) is 23.6. The molecule has 2 aromatic carbocycles. The summed E-state index contributed by atoms with van der Waals surface area (Å²) >= 11 is 0. The molecule has 0 amide bonds. The van der Waals surface area contributed by atoms with E-state index < -0.39 is 10.0 Å². The number of hydrogen-bond acceptors (Lipinski definition) is 5. The molecule has 0 spiro atoms. The molecule has 3 aromatic rings. The highest BCUT2D eigenvalue weighted by molar-refractivity contribution is 7.92. The molecule has 0 N–H and O–H groups in total. The van der Waals surface area contributed by atoms with Gasteiger partial charge in [-0.05, 0) is 73.6 Å². The van der Waals surface area contributed by atoms with Gasteiger partial charge in [-0.2, -0.15) is 5.10 Å². The summed E-state index contributed by atoms with van der Waals surface area (Å²) in [6, 6.07) is 10.7. The number of ether oxygens (including phenoxy) is 2. The number of fused-ring (bicyclic) bond motifs is 1. The largest absolute Gasteiger partial charge is 0.497 e. The minimum absolute atomic E-state index is 0.159. The lowest BCUT2D eigenvalue weighted by Gasteiger charge is -2.28. The summed E-state index contributed by atoms with van der Waals surface area (Å²) in [4.78, 5) is 0.275. The maximum absolute atomic E-state index is 13.8. The molecule has 2 heterocycles. The fourth-order valence-corrected chi connectivity index (χ4v) is 6.05. The second-order valence-corrected chi connectivity index (χ2v) is 11.1. The zero-order valence-electron chi connectivity index (χ0n) is 19.8. The summed E-state index contributed by atoms with van der Waals surface area (Å²) in [7, 11) is -2.16. The molecule has 178 valence electrons. The second-order valence-electron chi connectivity index (χ2n) is 9.21. The Balaban J connectivity index is 1.67. The fraction of sp³-hybridized carbons (Fsp3) is 0.480. The minimum Gasteiger partial charge on any atom is -0.497 e. The third-order valence-electron chi connectivity index (χ3n) is 6.10. The van der Waals surface area contributed by atoms with Crippen molar-refractivity contribution < 1.29 is 17.9 Å². The predicted molar refractivity (Wildman–Crippen MR) is 130 cm³/mol. The summed E-state index contributed by atoms with van der Waals surface area (Å²) < 4.78 is 41.8. The quantitative estimate of drug-likeness (QED) is 0.479. The summed E-state index contributed by atoms with van der Waals surface area (Å²) in [5, 5.41) is 5.50. The Morgan fingerprint density at radius 1 is 1.18 bits per heavy atom. The first-order valence-electron chi connectivity index (χ1n) is 11.5. The summed E-state index contributed by atoms with van der Waals surface area (Å²) in [5.74, 6) is 1.40. The Kier molecular flexibility index (Phi) is 6.95. The van der Waals surface area contributed by atoms with Crippen LogP contribution in [0.25, 0.3) is 10.9 Å². The number of sulfonamides is 1. The molecule has 0 aliphatic carbocycles. The monoisotopic (exact) mass is 471 g/mol. The number of anilines is 1. The molecule has 0 saturated carbocycles. The van der Waals surface area contributed by atoms with E-state index in [1.807, 2.05) is 43.8 Å². The molecule has 0 atom stereocenters. The lowest BCUT2D eigenvalue weighted by Crippen LogP contribution is -2.34. The maximum atomic E-state index is 13.8. The first-order valence-corrected chi connectivity index (χ1v) is 12.9. The van der Waals surface area contributed by atoms with Crippen LogP contribution in [0.3, 0.4) is 0 Å². The van der Waals surface area contributed by atoms with Crippen molar-refractivity contribution in [3.8, 4) is 5.75 Å². The Bertz CT molecular complexity index is 1210. The van der Waals surface area contributed by atoms with Crippen LogP contribution in [0.5, 0.6) is 5.75 Å². The number of rotatable bonds is 8. The van der Waals surface area contributed by atoms with E-state index in [1.54, 1.807) is 31.4 Å². The van der Waals surface area contributed by atoms with Crippen LogP contribution in [0.4, 0.5) is 5.69 Å². The van der Waals surface area contributed by atoms with Crippen LogP contribution < -0.4 is 9.04 Å². The van der Waals surface area contributed by atoms with E-state index in [9.17, 15) is 8.42 Å². The molecule has 0 radical (unpaired) electrons. The van der Waals surface area contributed by atoms with Gasteiger partial charge in [-0.25, -0.2) is 8.42 Å². The molecule has 1 aliphatic heterocycles. The molecule has 1 aromatic heterocycles. The number of benzene rings is 2. The standard InChI is InChI=1S/C25H33N3O4S/c1-18(2)15-28(25-8-5-22(31-4)13-19(25)3)33(29,30)23-6-7-24-21(14-23)17-27(26-24)16-20-9-11-32-12-10-20/h5-8,13-14,17-18,20H,9-12,15-16H2,1-4H3. The molecule has 0 unspecified atom stereocenters. The minimum atomic E-state index is -3.76. The van der Waals surface area contributed by atoms with Gasteiger partial charge in [-0.1, -0.05) is 13.8 Å². The average Bonchev–Trinajstić information content (AvgIpc) is 3.19. The van der Waals surface area contributed by atoms with Gasteiger partial charge < -0.3 is 9.47 Å². The number of aromatic nitrogens is 2. The van der Waals surface area contributed by atoms with Gasteiger partial charge in [0.25, 0.3) is 10.0 Å². The van der Waals surface area contributed by atoms with Crippen molar-refractivity contribution in [1.29, 1.82) is 0 Å². The van der Waals surface area contributed by atoms with Gasteiger partial charge in [-0.3, -0.25) is 8.99 Å². The van der Waals surface area contributed by atoms with E-state index in [0.717, 1.165) is 49.1 Å². The van der Waals surface area contributed by atoms with E-state index in [4.69, 9.17) is 9.47 Å². The summed E-state index contributed by atoms with van der Waals surface area (Å²) in [5.41, 5.74) is 2.32. The third kappa shape index (κ3) is 5.17. The average molecular weight is 472 g/mol. The summed E-state index contributed by atoms with van der Waals surface area (Å²) in [6.45, 7) is 8.75. The van der Waals surface area contributed by atoms with Gasteiger partial charge in [0.15, 0.2) is 0 Å². The topological polar surface area (TPSA) is 73.7 Å². The molecule has 1 fully saturated rings. The van der Waals surface area contributed by atoms with Crippen LogP contribution in [-0.2, 0) is 21.3 Å². The van der Waals surface area contributed by atoms with Gasteiger partial charge >= 0.3 is 0 Å². The molecular formula is C25H33N3O4S. The highest BCUT2D eigenvalue weighted by Crippen LogP contribution is 2.31. The molecule has 1 aliphatic rings. The van der Waals surface area contributed by atoms with Gasteiger partial charge in [0.05, 0.1) is 23.2 Å². The van der Waals surface area contributed by atoms with E-state index >= 15 is 0 Å². The third-order valence-corrected chi connectivity index (χ3v) is 7.88. The van der Waals surface area contributed by atoms with Crippen LogP contribution in [0.2, 0.25) is 0 Å². The molecule has 1 saturated heterocycles. The first kappa shape index (κ1) is 23.6. The van der Waals surface area contributed by atoms with Crippen LogP contribution in [0.1, 0.15) is 32.3 Å². The highest BCUT2D eigenvalue weighted by atomic mass is 32.2. The SMILES string of the molecule is COc1ccc(N(CC(C)C)S(=O)(=O)c2ccc3nn(CC4CCOCC4)cc3c2)c(C)c1. The van der Waals surface area contributed by atoms with Gasteiger partial charge in [-0.15, -0.1) is 0 Å². The van der Waals surface area contributed by atoms with Crippen molar-refractivity contribution in [1.82, 2.24) is 9.78 Å². The van der Waals surface area contributed by atoms with Crippen LogP contribution in [0, 0.1) is 18.8 Å². The summed E-state index contributed by atoms with van der Waals surface area (Å²) in [6.07, 6.45) is 4.01. The smallest absolute Gasteiger partial charge is 0.264 e. The van der Waals surface area contributed by atoms with Crippen molar-refractivity contribution in [2.75, 3.05) is 31.2 Å². The number of nitrogens with zero attached hydrogens (tertiary/aromatic N) is 3. The van der Waals surface area contributed by atoms with Gasteiger partial charge in [0.2, 0.25) is 0 Å². The second kappa shape index (κ2) is 9.73. The molecule has 8 heteroatoms. The normalized spacial score (nSPS) is 15.3. The lowest BCUT2D eigenvalue weighted by atomic mass is 10.0. The Morgan fingerprint density at radius 2 is 1.94 bits per heavy atom. The highest BCUT2D eigenvalue weighted by Gasteiger charge is 2.27. The Hall–Kier alpha value is -2.58. The van der Waals surface area contributed by atoms with E-state index in [2.05, 4.69) is 5.10 Å². The van der Waals surface area contributed by atoms with Crippen LogP contribution in [-0.4, -0.2) is 45.1 Å². The Labute approximate surface area is 196 Å². The van der Waals surface area contributed by atoms with Gasteiger partial charge in [0.1, 0.15) is 5.75 Å². The van der Waals surface area contributed by atoms with Crippen LogP contribution >= 0.6 is 0 Å². The number of methoxy groups -OCH3 is 1. The van der Waals surface area contributed by atoms with E-state index in [1.165, 1.54) is 4.31 Å². The van der Waals surface area contributed by atoms with Gasteiger partial charge in [0, 0.05) is 37.9 Å². The van der Waals surface area contributed by atoms with E-state index in [-0.39, 0.29) is 10.8 Å². The van der Waals surface area contributed by atoms with E-state index in [0.29, 0.717) is 23.9 Å². The predicted octanol–water partition coefficient (Wildman–Crippen LogP) is 4.63. The maximum Gasteiger partial charge on any atom is 0.264 e. The Morgan fingerprint density at radius 3 is 2.61 bits per heavy atom. The van der Waals surface area contributed by atoms with Crippen molar-refractivity contribution in [2.24, 2.45) is 11.8 Å². The molecule has 4 rings (SSSR count). The number of hydrogen-bond donors (Lipinski definition) is 0. The van der Waals surface area contributed by atoms with Crippen molar-refractivity contribution in [3.63, 3.8) is 0 Å². The van der Waals surface area contributed by atoms with Crippen LogP contribution in [0.15, 0.2) is 47.5 Å². The lowest BCUT2D eigenvalue weighted by molar-refractivity contribution is 0.0602. The van der Waals surface area contributed by atoms with Crippen molar-refractivity contribution in [3.05, 3.63) is 48.2 Å². The zero-order valence-corrected chi connectivity index (χ0v) is 20.6. The van der Waals surface area contributed by atoms with Crippen molar-refractivity contribution in [2.45, 2.75) is 45.1 Å².